The van der Waals surface area contributed by atoms with Gasteiger partial charge in [0, 0.05) is 13.3 Å². The van der Waals surface area contributed by atoms with Gasteiger partial charge in [-0.3, -0.25) is 9.59 Å². The second kappa shape index (κ2) is 19.8. The number of aliphatic hydroxyl groups is 13. The van der Waals surface area contributed by atoms with Crippen LogP contribution < -0.4 is 10.6 Å². The van der Waals surface area contributed by atoms with Gasteiger partial charge in [-0.1, -0.05) is 0 Å². The Morgan fingerprint density at radius 2 is 1.37 bits per heavy atom. The van der Waals surface area contributed by atoms with E-state index in [0.29, 0.717) is 0 Å². The Bertz CT molecular complexity index is 1350. The number of amides is 2. The van der Waals surface area contributed by atoms with Crippen LogP contribution in [0.3, 0.4) is 0 Å². The molecule has 4 fully saturated rings. The van der Waals surface area contributed by atoms with Crippen LogP contribution in [0.2, 0.25) is 0 Å². The van der Waals surface area contributed by atoms with Gasteiger partial charge in [0.2, 0.25) is 11.8 Å². The first kappa shape index (κ1) is 47.3. The summed E-state index contributed by atoms with van der Waals surface area (Å²) in [5, 5.41) is 151. The van der Waals surface area contributed by atoms with E-state index in [1.807, 2.05) is 0 Å². The molecule has 21 atom stereocenters. The van der Waals surface area contributed by atoms with Crippen molar-refractivity contribution in [3.8, 4) is 0 Å². The van der Waals surface area contributed by atoms with E-state index < -0.39 is 179 Å². The number of carbonyl (C=O) groups is 3. The number of carbonyl (C=O) groups excluding carboxylic acids is 2. The molecule has 26 heteroatoms. The molecule has 4 aliphatic rings. The maximum absolute atomic E-state index is 12.9. The standard InChI is InChI=1S/C31H52N2O24/c1-8-17(42)20(45)21(46)28(51-8)55-25-16(32-9(2)38)27(48)52-13(6-36)23(25)54-29-22(47)26(19(44)12(5-35)53-29)57-31(30(49)50)3-10(39)15(33-14(41)7-37)24(56-31)18(43)11(40)4-34/h8,10-13,15-29,34-37,39-40,42-48H,3-7H2,1-2H3,(H,32,38)(H,33,41)(H,49,50)/t8-,10-,11+,12+,13+,15+,16+,17+,18+,19-,20+,21-,22+,23+,24+,25+,26-,27+,28-,29-,31-/m0/s1. The van der Waals surface area contributed by atoms with Crippen molar-refractivity contribution < 1.29 is 119 Å². The van der Waals surface area contributed by atoms with Gasteiger partial charge in [-0.15, -0.1) is 0 Å². The lowest BCUT2D eigenvalue weighted by Gasteiger charge is -2.51. The highest BCUT2D eigenvalue weighted by atomic mass is 16.8. The molecule has 0 radical (unpaired) electrons. The zero-order valence-electron chi connectivity index (χ0n) is 30.4. The van der Waals surface area contributed by atoms with Crippen LogP contribution in [0.25, 0.3) is 0 Å². The van der Waals surface area contributed by atoms with Gasteiger partial charge in [0.1, 0.15) is 92.0 Å². The van der Waals surface area contributed by atoms with Crippen molar-refractivity contribution in [3.63, 3.8) is 0 Å². The Morgan fingerprint density at radius 1 is 0.754 bits per heavy atom. The number of nitrogens with one attached hydrogen (secondary N) is 2. The highest BCUT2D eigenvalue weighted by Gasteiger charge is 2.60. The molecule has 0 aromatic rings. The van der Waals surface area contributed by atoms with Crippen molar-refractivity contribution in [1.82, 2.24) is 10.6 Å². The average Bonchev–Trinajstić information content (AvgIpc) is 3.17. The maximum atomic E-state index is 12.9. The van der Waals surface area contributed by atoms with Gasteiger partial charge in [-0.25, -0.2) is 4.79 Å². The summed E-state index contributed by atoms with van der Waals surface area (Å²) in [5.41, 5.74) is 0. The Balaban J connectivity index is 1.71. The highest BCUT2D eigenvalue weighted by molar-refractivity contribution is 5.78. The molecule has 16 N–H and O–H groups in total. The lowest BCUT2D eigenvalue weighted by atomic mass is 9.88. The molecule has 4 aliphatic heterocycles. The smallest absolute Gasteiger partial charge is 0.364 e. The number of hydrogen-bond donors (Lipinski definition) is 16. The molecule has 4 rings (SSSR count). The fraction of sp³-hybridized carbons (Fsp3) is 0.903. The van der Waals surface area contributed by atoms with Crippen LogP contribution in [0.5, 0.6) is 0 Å². The number of rotatable bonds is 15. The van der Waals surface area contributed by atoms with Gasteiger partial charge < -0.3 is 115 Å². The molecule has 0 spiro atoms. The molecule has 4 saturated heterocycles. The summed E-state index contributed by atoms with van der Waals surface area (Å²) in [6.07, 6.45) is -35.9. The molecular weight excluding hydrogens is 784 g/mol. The van der Waals surface area contributed by atoms with Crippen LogP contribution >= 0.6 is 0 Å². The number of carboxylic acid groups (broad SMARTS) is 1. The molecule has 4 heterocycles. The van der Waals surface area contributed by atoms with Crippen molar-refractivity contribution in [2.75, 3.05) is 26.4 Å². The maximum Gasteiger partial charge on any atom is 0.364 e. The normalized spacial score (nSPS) is 45.1. The van der Waals surface area contributed by atoms with Gasteiger partial charge in [-0.2, -0.15) is 0 Å². The third-order valence-corrected chi connectivity index (χ3v) is 10.0. The minimum atomic E-state index is -3.18. The molecule has 0 saturated carbocycles. The van der Waals surface area contributed by atoms with Gasteiger partial charge >= 0.3 is 5.97 Å². The van der Waals surface area contributed by atoms with Crippen LogP contribution in [0.1, 0.15) is 20.3 Å². The Hall–Kier alpha value is -2.39. The highest BCUT2D eigenvalue weighted by Crippen LogP contribution is 2.39. The van der Waals surface area contributed by atoms with Gasteiger partial charge in [0.15, 0.2) is 18.9 Å². The number of aliphatic carboxylic acids is 1. The van der Waals surface area contributed by atoms with Crippen LogP contribution in [0, 0.1) is 0 Å². The SMILES string of the molecule is CC(=O)N[C@@H]1[C@@H](O[C@@H]2O[C@@H](C)[C@@H](O)[C@@H](O)[C@@H]2O)[C@H](O[C@@H]2O[C@H](CO)[C@H](O)[C@H](O[C@]3(C(=O)O)C[C@H](O)[C@@H](NC(=O)CO)[C@H]([C@H](O)[C@H](O)CO)O3)[C@H]2O)[C@@H](CO)O[C@H]1O. The fourth-order valence-electron chi connectivity index (χ4n) is 6.99. The summed E-state index contributed by atoms with van der Waals surface area (Å²) in [4.78, 5) is 37.1. The largest absolute Gasteiger partial charge is 0.477 e. The minimum Gasteiger partial charge on any atom is -0.477 e. The van der Waals surface area contributed by atoms with E-state index in [2.05, 4.69) is 10.6 Å². The molecule has 330 valence electrons. The third kappa shape index (κ3) is 10.2. The summed E-state index contributed by atoms with van der Waals surface area (Å²) in [6.45, 7) is -1.98. The van der Waals surface area contributed by atoms with E-state index in [4.69, 9.17) is 33.2 Å². The monoisotopic (exact) mass is 836 g/mol. The third-order valence-electron chi connectivity index (χ3n) is 10.0. The summed E-state index contributed by atoms with van der Waals surface area (Å²) < 4.78 is 39.6. The van der Waals surface area contributed by atoms with Crippen LogP contribution in [0.15, 0.2) is 0 Å². The van der Waals surface area contributed by atoms with Crippen molar-refractivity contribution in [1.29, 1.82) is 0 Å². The van der Waals surface area contributed by atoms with Crippen molar-refractivity contribution in [3.05, 3.63) is 0 Å². The van der Waals surface area contributed by atoms with Gasteiger partial charge in [-0.05, 0) is 6.92 Å². The summed E-state index contributed by atoms with van der Waals surface area (Å²) in [6, 6.07) is -3.39. The van der Waals surface area contributed by atoms with E-state index in [1.165, 1.54) is 6.92 Å². The molecule has 2 amide bonds. The molecule has 57 heavy (non-hydrogen) atoms. The zero-order chi connectivity index (χ0) is 42.7. The Kier molecular flexibility index (Phi) is 16.4. The minimum absolute atomic E-state index is 0.779. The number of ether oxygens (including phenoxy) is 7. The fourth-order valence-corrected chi connectivity index (χ4v) is 6.99. The van der Waals surface area contributed by atoms with Crippen molar-refractivity contribution in [2.24, 2.45) is 0 Å². The number of aliphatic hydroxyl groups excluding tert-OH is 13. The predicted molar refractivity (Wildman–Crippen MR) is 174 cm³/mol. The van der Waals surface area contributed by atoms with E-state index in [9.17, 15) is 85.9 Å². The molecule has 0 aliphatic carbocycles. The van der Waals surface area contributed by atoms with E-state index >= 15 is 0 Å². The molecule has 0 aromatic heterocycles. The quantitative estimate of drug-likeness (QED) is 0.0728. The Morgan fingerprint density at radius 3 is 1.93 bits per heavy atom. The first-order chi connectivity index (χ1) is 26.7. The van der Waals surface area contributed by atoms with E-state index in [0.717, 1.165) is 6.92 Å². The van der Waals surface area contributed by atoms with E-state index in [1.54, 1.807) is 0 Å². The lowest BCUT2D eigenvalue weighted by Crippen LogP contribution is -2.71. The molecule has 0 unspecified atom stereocenters. The van der Waals surface area contributed by atoms with Crippen molar-refractivity contribution in [2.45, 2.75) is 149 Å². The molecule has 26 nitrogen and oxygen atoms in total. The van der Waals surface area contributed by atoms with Crippen molar-refractivity contribution >= 4 is 17.8 Å². The van der Waals surface area contributed by atoms with Gasteiger partial charge in [0.05, 0.1) is 38.1 Å². The van der Waals surface area contributed by atoms with E-state index in [-0.39, 0.29) is 0 Å². The first-order valence-electron chi connectivity index (χ1n) is 17.7. The topological polar surface area (TPSA) is 423 Å². The summed E-state index contributed by atoms with van der Waals surface area (Å²) in [7, 11) is 0. The predicted octanol–water partition coefficient (Wildman–Crippen LogP) is -10.3. The van der Waals surface area contributed by atoms with Crippen LogP contribution in [0.4, 0.5) is 0 Å². The molecule has 0 bridgehead atoms. The average molecular weight is 837 g/mol. The first-order valence-corrected chi connectivity index (χ1v) is 17.7. The summed E-state index contributed by atoms with van der Waals surface area (Å²) >= 11 is 0. The number of hydrogen-bond acceptors (Lipinski definition) is 23. The second-order valence-electron chi connectivity index (χ2n) is 14.0. The number of carboxylic acids is 1. The summed E-state index contributed by atoms with van der Waals surface area (Å²) in [5.74, 6) is -7.17. The lowest BCUT2D eigenvalue weighted by molar-refractivity contribution is -0.390. The Labute approximate surface area is 322 Å². The second-order valence-corrected chi connectivity index (χ2v) is 14.0. The zero-order valence-corrected chi connectivity index (χ0v) is 30.4. The molecule has 0 aromatic carbocycles. The molecular formula is C31H52N2O24. The van der Waals surface area contributed by atoms with Crippen LogP contribution in [-0.4, -0.2) is 244 Å². The van der Waals surface area contributed by atoms with Gasteiger partial charge in [0.25, 0.3) is 5.79 Å². The van der Waals surface area contributed by atoms with Crippen LogP contribution in [-0.2, 0) is 47.5 Å².